The normalized spacial score (nSPS) is 11.0. The first-order chi connectivity index (χ1) is 11.5. The number of nitrogen functional groups attached to an aromatic ring is 1. The lowest BCUT2D eigenvalue weighted by Gasteiger charge is -2.07. The van der Waals surface area contributed by atoms with Gasteiger partial charge in [-0.3, -0.25) is 4.79 Å². The van der Waals surface area contributed by atoms with E-state index in [1.54, 1.807) is 11.3 Å². The number of nitrogens with two attached hydrogens (primary N) is 1. The van der Waals surface area contributed by atoms with Gasteiger partial charge >= 0.3 is 0 Å². The zero-order valence-corrected chi connectivity index (χ0v) is 16.3. The summed E-state index contributed by atoms with van der Waals surface area (Å²) in [6.07, 6.45) is 0. The number of aryl methyl sites for hydroxylation is 2. The molecule has 24 heavy (non-hydrogen) atoms. The zero-order chi connectivity index (χ0) is 17.3. The fourth-order valence-corrected chi connectivity index (χ4v) is 4.33. The largest absolute Gasteiger partial charge is 0.383 e. The number of thioether (sulfide) groups is 1. The lowest BCUT2D eigenvalue weighted by atomic mass is 10.2. The van der Waals surface area contributed by atoms with Crippen LogP contribution in [0.4, 0.5) is 11.5 Å². The number of rotatable bonds is 4. The smallest absolute Gasteiger partial charge is 0.234 e. The molecular formula is C16H15BrN4OS2. The first-order valence-electron chi connectivity index (χ1n) is 7.16. The van der Waals surface area contributed by atoms with E-state index in [4.69, 9.17) is 5.73 Å². The van der Waals surface area contributed by atoms with Crippen LogP contribution in [0.5, 0.6) is 0 Å². The Labute approximate surface area is 156 Å². The maximum atomic E-state index is 12.1. The minimum atomic E-state index is -0.118. The monoisotopic (exact) mass is 422 g/mol. The number of fused-ring (bicyclic) bond motifs is 1. The summed E-state index contributed by atoms with van der Waals surface area (Å²) in [6.45, 7) is 4.06. The van der Waals surface area contributed by atoms with Crippen molar-refractivity contribution in [1.82, 2.24) is 9.97 Å². The van der Waals surface area contributed by atoms with Gasteiger partial charge in [0, 0.05) is 9.35 Å². The Balaban J connectivity index is 1.71. The maximum absolute atomic E-state index is 12.1. The third-order valence-corrected chi connectivity index (χ3v) is 6.16. The molecule has 3 aromatic rings. The Morgan fingerprint density at radius 2 is 2.08 bits per heavy atom. The van der Waals surface area contributed by atoms with Crippen molar-refractivity contribution in [3.05, 3.63) is 39.2 Å². The van der Waals surface area contributed by atoms with Gasteiger partial charge in [-0.1, -0.05) is 23.9 Å². The van der Waals surface area contributed by atoms with Crippen LogP contribution in [0.1, 0.15) is 10.4 Å². The van der Waals surface area contributed by atoms with E-state index in [0.29, 0.717) is 11.0 Å². The minimum Gasteiger partial charge on any atom is -0.383 e. The molecule has 0 saturated carbocycles. The molecule has 0 atom stereocenters. The third-order valence-electron chi connectivity index (χ3n) is 3.52. The molecule has 0 radical (unpaired) electrons. The molecule has 0 unspecified atom stereocenters. The summed E-state index contributed by atoms with van der Waals surface area (Å²) < 4.78 is 0.842. The predicted molar refractivity (Wildman–Crippen MR) is 105 cm³/mol. The topological polar surface area (TPSA) is 80.9 Å². The molecule has 3 N–H and O–H groups in total. The second-order valence-electron chi connectivity index (χ2n) is 5.17. The molecular weight excluding hydrogens is 408 g/mol. The number of hydrogen-bond donors (Lipinski definition) is 2. The van der Waals surface area contributed by atoms with E-state index in [0.717, 1.165) is 25.9 Å². The van der Waals surface area contributed by atoms with Crippen LogP contribution in [-0.2, 0) is 4.79 Å². The first-order valence-corrected chi connectivity index (χ1v) is 9.75. The summed E-state index contributed by atoms with van der Waals surface area (Å²) in [4.78, 5) is 23.0. The molecule has 1 aromatic carbocycles. The Kier molecular flexibility index (Phi) is 5.07. The number of aromatic nitrogens is 2. The van der Waals surface area contributed by atoms with Gasteiger partial charge in [-0.15, -0.1) is 11.3 Å². The van der Waals surface area contributed by atoms with Crippen molar-refractivity contribution in [1.29, 1.82) is 0 Å². The van der Waals surface area contributed by atoms with Gasteiger partial charge in [0.1, 0.15) is 10.6 Å². The highest BCUT2D eigenvalue weighted by molar-refractivity contribution is 9.10. The van der Waals surface area contributed by atoms with Gasteiger partial charge in [-0.25, -0.2) is 9.97 Å². The highest BCUT2D eigenvalue weighted by Crippen LogP contribution is 2.33. The molecule has 2 aromatic heterocycles. The van der Waals surface area contributed by atoms with Crippen molar-refractivity contribution < 1.29 is 4.79 Å². The van der Waals surface area contributed by atoms with E-state index < -0.39 is 0 Å². The van der Waals surface area contributed by atoms with Crippen LogP contribution in [-0.4, -0.2) is 21.6 Å². The number of carbonyl (C=O) groups excluding carboxylic acids is 1. The number of nitrogens with zero attached hydrogens (tertiary/aromatic N) is 2. The van der Waals surface area contributed by atoms with Gasteiger partial charge in [0.2, 0.25) is 5.91 Å². The van der Waals surface area contributed by atoms with Gasteiger partial charge in [0.25, 0.3) is 0 Å². The average Bonchev–Trinajstić information content (AvgIpc) is 2.82. The SMILES string of the molecule is Cc1sc2nc(SCC(=O)Nc3ccccc3Br)nc(N)c2c1C. The molecule has 0 fully saturated rings. The van der Waals surface area contributed by atoms with Crippen molar-refractivity contribution in [2.24, 2.45) is 0 Å². The summed E-state index contributed by atoms with van der Waals surface area (Å²) in [5, 5.41) is 4.29. The lowest BCUT2D eigenvalue weighted by Crippen LogP contribution is -2.14. The Morgan fingerprint density at radius 1 is 1.33 bits per heavy atom. The number of hydrogen-bond acceptors (Lipinski definition) is 6. The van der Waals surface area contributed by atoms with Gasteiger partial charge in [0.05, 0.1) is 16.8 Å². The number of benzene rings is 1. The van der Waals surface area contributed by atoms with Crippen LogP contribution in [0.15, 0.2) is 33.9 Å². The molecule has 0 bridgehead atoms. The summed E-state index contributed by atoms with van der Waals surface area (Å²) in [7, 11) is 0. The Morgan fingerprint density at radius 3 is 2.83 bits per heavy atom. The van der Waals surface area contributed by atoms with Crippen LogP contribution in [0.3, 0.4) is 0 Å². The summed E-state index contributed by atoms with van der Waals surface area (Å²) >= 11 is 6.27. The molecule has 1 amide bonds. The van der Waals surface area contributed by atoms with Gasteiger partial charge < -0.3 is 11.1 Å². The van der Waals surface area contributed by atoms with Gasteiger partial charge in [0.15, 0.2) is 5.16 Å². The second-order valence-corrected chi connectivity index (χ2v) is 8.17. The maximum Gasteiger partial charge on any atom is 0.234 e. The van der Waals surface area contributed by atoms with Crippen molar-refractivity contribution in [3.63, 3.8) is 0 Å². The van der Waals surface area contributed by atoms with E-state index in [2.05, 4.69) is 31.2 Å². The number of amides is 1. The molecule has 3 rings (SSSR count). The highest BCUT2D eigenvalue weighted by Gasteiger charge is 2.14. The number of anilines is 2. The fourth-order valence-electron chi connectivity index (χ4n) is 2.20. The minimum absolute atomic E-state index is 0.118. The molecule has 0 aliphatic carbocycles. The lowest BCUT2D eigenvalue weighted by molar-refractivity contribution is -0.113. The molecule has 5 nitrogen and oxygen atoms in total. The molecule has 0 aliphatic heterocycles. The first kappa shape index (κ1) is 17.2. The standard InChI is InChI=1S/C16H15BrN4OS2/c1-8-9(2)24-15-13(8)14(18)20-16(21-15)23-7-12(22)19-11-6-4-3-5-10(11)17/h3-6H,7H2,1-2H3,(H,19,22)(H2,18,20,21). The molecule has 8 heteroatoms. The number of thiophene rings is 1. The van der Waals surface area contributed by atoms with Crippen molar-refractivity contribution in [2.45, 2.75) is 19.0 Å². The molecule has 0 saturated heterocycles. The zero-order valence-electron chi connectivity index (χ0n) is 13.1. The van der Waals surface area contributed by atoms with Gasteiger partial charge in [-0.2, -0.15) is 0 Å². The van der Waals surface area contributed by atoms with Crippen LogP contribution in [0, 0.1) is 13.8 Å². The van der Waals surface area contributed by atoms with E-state index in [9.17, 15) is 4.79 Å². The fraction of sp³-hybridized carbons (Fsp3) is 0.188. The number of halogens is 1. The van der Waals surface area contributed by atoms with E-state index in [1.807, 2.05) is 38.1 Å². The van der Waals surface area contributed by atoms with Crippen LogP contribution < -0.4 is 11.1 Å². The molecule has 0 spiro atoms. The van der Waals surface area contributed by atoms with E-state index >= 15 is 0 Å². The van der Waals surface area contributed by atoms with Crippen LogP contribution in [0.25, 0.3) is 10.2 Å². The molecule has 2 heterocycles. The highest BCUT2D eigenvalue weighted by atomic mass is 79.9. The predicted octanol–water partition coefficient (Wildman–Crippen LogP) is 4.38. The van der Waals surface area contributed by atoms with Crippen molar-refractivity contribution in [2.75, 3.05) is 16.8 Å². The van der Waals surface area contributed by atoms with E-state index in [-0.39, 0.29) is 11.7 Å². The number of carbonyl (C=O) groups is 1. The van der Waals surface area contributed by atoms with Crippen molar-refractivity contribution in [3.8, 4) is 0 Å². The number of para-hydroxylation sites is 1. The van der Waals surface area contributed by atoms with Crippen molar-refractivity contribution >= 4 is 66.7 Å². The van der Waals surface area contributed by atoms with Gasteiger partial charge in [-0.05, 0) is 47.5 Å². The average molecular weight is 423 g/mol. The summed E-state index contributed by atoms with van der Waals surface area (Å²) in [5.74, 6) is 0.568. The molecule has 124 valence electrons. The Bertz CT molecular complexity index is 926. The van der Waals surface area contributed by atoms with Crippen LogP contribution >= 0.6 is 39.0 Å². The summed E-state index contributed by atoms with van der Waals surface area (Å²) in [5.41, 5.74) is 7.92. The van der Waals surface area contributed by atoms with Crippen LogP contribution in [0.2, 0.25) is 0 Å². The summed E-state index contributed by atoms with van der Waals surface area (Å²) in [6, 6.07) is 7.48. The Hall–Kier alpha value is -1.64. The second kappa shape index (κ2) is 7.08. The van der Waals surface area contributed by atoms with E-state index in [1.165, 1.54) is 16.6 Å². The quantitative estimate of drug-likeness (QED) is 0.481. The molecule has 0 aliphatic rings. The number of nitrogens with one attached hydrogen (secondary N) is 1. The third kappa shape index (κ3) is 3.55.